The zero-order valence-corrected chi connectivity index (χ0v) is 19.1. The van der Waals surface area contributed by atoms with Gasteiger partial charge in [-0.05, 0) is 63.1 Å². The minimum absolute atomic E-state index is 0.00302. The van der Waals surface area contributed by atoms with Crippen LogP contribution < -0.4 is 14.8 Å². The molecule has 1 N–H and O–H groups in total. The summed E-state index contributed by atoms with van der Waals surface area (Å²) in [7, 11) is 0. The highest BCUT2D eigenvalue weighted by molar-refractivity contribution is 6.42. The van der Waals surface area contributed by atoms with Crippen LogP contribution in [0, 0.1) is 0 Å². The molecule has 0 spiro atoms. The molecule has 1 unspecified atom stereocenters. The third kappa shape index (κ3) is 6.28. The molecule has 3 rings (SSSR count). The number of likely N-dealkylation sites (tertiary alicyclic amines) is 1. The van der Waals surface area contributed by atoms with Crippen LogP contribution in [0.25, 0.3) is 0 Å². The Bertz CT molecular complexity index is 912. The third-order valence-electron chi connectivity index (χ3n) is 5.11. The summed E-state index contributed by atoms with van der Waals surface area (Å²) >= 11 is 11.9. The fourth-order valence-electron chi connectivity index (χ4n) is 3.40. The van der Waals surface area contributed by atoms with Crippen LogP contribution in [0.5, 0.6) is 11.5 Å². The zero-order chi connectivity index (χ0) is 22.4. The standard InChI is InChI=1S/C23H26Cl2N2O4/c1-3-30-18-6-4-16(5-7-18)23(29)27-12-10-17(11-13-27)26-22(28)15(2)31-19-8-9-20(24)21(25)14-19/h4-9,14-15,17H,3,10-13H2,1-2H3,(H,26,28). The van der Waals surface area contributed by atoms with E-state index >= 15 is 0 Å². The number of hydrogen-bond donors (Lipinski definition) is 1. The second-order valence-corrected chi connectivity index (χ2v) is 8.18. The molecule has 0 aliphatic carbocycles. The van der Waals surface area contributed by atoms with Crippen molar-refractivity contribution in [2.24, 2.45) is 0 Å². The van der Waals surface area contributed by atoms with Crippen molar-refractivity contribution in [3.63, 3.8) is 0 Å². The smallest absolute Gasteiger partial charge is 0.260 e. The first-order valence-corrected chi connectivity index (χ1v) is 11.1. The van der Waals surface area contributed by atoms with Gasteiger partial charge in [-0.15, -0.1) is 0 Å². The van der Waals surface area contributed by atoms with E-state index in [1.165, 1.54) is 0 Å². The van der Waals surface area contributed by atoms with E-state index in [2.05, 4.69) is 5.32 Å². The SMILES string of the molecule is CCOc1ccc(C(=O)N2CCC(NC(=O)C(C)Oc3ccc(Cl)c(Cl)c3)CC2)cc1. The van der Waals surface area contributed by atoms with Crippen LogP contribution in [0.4, 0.5) is 0 Å². The van der Waals surface area contributed by atoms with Crippen molar-refractivity contribution < 1.29 is 19.1 Å². The lowest BCUT2D eigenvalue weighted by Crippen LogP contribution is -2.49. The number of hydrogen-bond acceptors (Lipinski definition) is 4. The van der Waals surface area contributed by atoms with Gasteiger partial charge in [-0.1, -0.05) is 23.2 Å². The van der Waals surface area contributed by atoms with E-state index in [0.29, 0.717) is 53.9 Å². The van der Waals surface area contributed by atoms with Gasteiger partial charge >= 0.3 is 0 Å². The molecule has 31 heavy (non-hydrogen) atoms. The highest BCUT2D eigenvalue weighted by Gasteiger charge is 2.26. The van der Waals surface area contributed by atoms with Crippen LogP contribution in [-0.4, -0.2) is 48.6 Å². The van der Waals surface area contributed by atoms with Crippen molar-refractivity contribution >= 4 is 35.0 Å². The van der Waals surface area contributed by atoms with Crippen molar-refractivity contribution in [1.82, 2.24) is 10.2 Å². The van der Waals surface area contributed by atoms with E-state index in [-0.39, 0.29) is 17.9 Å². The average Bonchev–Trinajstić information content (AvgIpc) is 2.77. The van der Waals surface area contributed by atoms with Gasteiger partial charge in [-0.2, -0.15) is 0 Å². The lowest BCUT2D eigenvalue weighted by molar-refractivity contribution is -0.128. The second-order valence-electron chi connectivity index (χ2n) is 7.37. The Labute approximate surface area is 192 Å². The largest absolute Gasteiger partial charge is 0.494 e. The number of nitrogens with zero attached hydrogens (tertiary/aromatic N) is 1. The van der Waals surface area contributed by atoms with Gasteiger partial charge in [0.05, 0.1) is 16.7 Å². The summed E-state index contributed by atoms with van der Waals surface area (Å²) < 4.78 is 11.1. The molecule has 1 fully saturated rings. The number of halogens is 2. The van der Waals surface area contributed by atoms with Gasteiger partial charge in [0.1, 0.15) is 11.5 Å². The summed E-state index contributed by atoms with van der Waals surface area (Å²) in [6.07, 6.45) is 0.697. The summed E-state index contributed by atoms with van der Waals surface area (Å²) in [4.78, 5) is 27.0. The highest BCUT2D eigenvalue weighted by atomic mass is 35.5. The van der Waals surface area contributed by atoms with Gasteiger partial charge in [0.15, 0.2) is 6.10 Å². The van der Waals surface area contributed by atoms with Crippen molar-refractivity contribution in [3.8, 4) is 11.5 Å². The fourth-order valence-corrected chi connectivity index (χ4v) is 3.68. The normalized spacial score (nSPS) is 15.3. The van der Waals surface area contributed by atoms with Gasteiger partial charge in [0.25, 0.3) is 11.8 Å². The van der Waals surface area contributed by atoms with Crippen LogP contribution in [0.15, 0.2) is 42.5 Å². The first kappa shape index (κ1) is 23.2. The molecule has 2 aromatic rings. The van der Waals surface area contributed by atoms with E-state index in [9.17, 15) is 9.59 Å². The monoisotopic (exact) mass is 464 g/mol. The topological polar surface area (TPSA) is 67.9 Å². The Morgan fingerprint density at radius 1 is 1.06 bits per heavy atom. The maximum absolute atomic E-state index is 12.7. The van der Waals surface area contributed by atoms with Gasteiger partial charge in [0.2, 0.25) is 0 Å². The van der Waals surface area contributed by atoms with Crippen LogP contribution >= 0.6 is 23.2 Å². The number of rotatable bonds is 7. The van der Waals surface area contributed by atoms with Gasteiger partial charge in [-0.25, -0.2) is 0 Å². The Morgan fingerprint density at radius 3 is 2.32 bits per heavy atom. The minimum atomic E-state index is -0.680. The molecule has 166 valence electrons. The summed E-state index contributed by atoms with van der Waals surface area (Å²) in [6, 6.07) is 12.0. The number of carbonyl (C=O) groups is 2. The van der Waals surface area contributed by atoms with Gasteiger partial charge in [0, 0.05) is 30.8 Å². The van der Waals surface area contributed by atoms with E-state index in [0.717, 1.165) is 5.75 Å². The van der Waals surface area contributed by atoms with Gasteiger partial charge in [-0.3, -0.25) is 9.59 Å². The molecule has 1 heterocycles. The molecule has 0 radical (unpaired) electrons. The van der Waals surface area contributed by atoms with Crippen molar-refractivity contribution in [2.45, 2.75) is 38.8 Å². The Morgan fingerprint density at radius 2 is 1.71 bits per heavy atom. The van der Waals surface area contributed by atoms with Crippen LogP contribution in [0.2, 0.25) is 10.0 Å². The highest BCUT2D eigenvalue weighted by Crippen LogP contribution is 2.27. The molecule has 8 heteroatoms. The fraction of sp³-hybridized carbons (Fsp3) is 0.391. The number of amides is 2. The average molecular weight is 465 g/mol. The van der Waals surface area contributed by atoms with E-state index in [4.69, 9.17) is 32.7 Å². The minimum Gasteiger partial charge on any atom is -0.494 e. The van der Waals surface area contributed by atoms with Crippen LogP contribution in [-0.2, 0) is 4.79 Å². The molecule has 2 aromatic carbocycles. The summed E-state index contributed by atoms with van der Waals surface area (Å²) in [5.41, 5.74) is 0.634. The van der Waals surface area contributed by atoms with E-state index < -0.39 is 6.10 Å². The maximum Gasteiger partial charge on any atom is 0.260 e. The van der Waals surface area contributed by atoms with E-state index in [1.54, 1.807) is 49.4 Å². The lowest BCUT2D eigenvalue weighted by atomic mass is 10.0. The lowest BCUT2D eigenvalue weighted by Gasteiger charge is -2.33. The first-order chi connectivity index (χ1) is 14.9. The molecule has 0 bridgehead atoms. The Kier molecular flexibility index (Phi) is 8.04. The third-order valence-corrected chi connectivity index (χ3v) is 5.85. The van der Waals surface area contributed by atoms with Crippen molar-refractivity contribution in [3.05, 3.63) is 58.1 Å². The van der Waals surface area contributed by atoms with E-state index in [1.807, 2.05) is 11.8 Å². The summed E-state index contributed by atoms with van der Waals surface area (Å²) in [5, 5.41) is 3.81. The Balaban J connectivity index is 1.47. The molecule has 2 amide bonds. The molecular weight excluding hydrogens is 439 g/mol. The molecule has 6 nitrogen and oxygen atoms in total. The number of piperidine rings is 1. The zero-order valence-electron chi connectivity index (χ0n) is 17.6. The van der Waals surface area contributed by atoms with Crippen molar-refractivity contribution in [1.29, 1.82) is 0 Å². The Hall–Kier alpha value is -2.44. The van der Waals surface area contributed by atoms with Crippen molar-refractivity contribution in [2.75, 3.05) is 19.7 Å². The predicted molar refractivity (Wildman–Crippen MR) is 121 cm³/mol. The van der Waals surface area contributed by atoms with Crippen LogP contribution in [0.3, 0.4) is 0 Å². The number of ether oxygens (including phenoxy) is 2. The molecule has 1 aliphatic heterocycles. The number of carbonyl (C=O) groups excluding carboxylic acids is 2. The molecule has 0 aromatic heterocycles. The second kappa shape index (κ2) is 10.7. The molecule has 1 atom stereocenters. The number of nitrogens with one attached hydrogen (secondary N) is 1. The number of benzene rings is 2. The van der Waals surface area contributed by atoms with Crippen LogP contribution in [0.1, 0.15) is 37.0 Å². The molecule has 1 aliphatic rings. The molecule has 0 saturated carbocycles. The first-order valence-electron chi connectivity index (χ1n) is 10.3. The summed E-state index contributed by atoms with van der Waals surface area (Å²) in [5.74, 6) is 1.01. The molecule has 1 saturated heterocycles. The summed E-state index contributed by atoms with van der Waals surface area (Å²) in [6.45, 7) is 5.35. The molecular formula is C23H26Cl2N2O4. The predicted octanol–water partition coefficient (Wildman–Crippen LogP) is 4.58. The maximum atomic E-state index is 12.7. The van der Waals surface area contributed by atoms with Gasteiger partial charge < -0.3 is 19.7 Å². The quantitative estimate of drug-likeness (QED) is 0.650.